The van der Waals surface area contributed by atoms with Crippen molar-refractivity contribution in [2.24, 2.45) is 26.9 Å². The zero-order valence-corrected chi connectivity index (χ0v) is 9.07. The van der Waals surface area contributed by atoms with Gasteiger partial charge >= 0.3 is 0 Å². The quantitative estimate of drug-likeness (QED) is 0.735. The Kier molecular flexibility index (Phi) is 3.80. The highest BCUT2D eigenvalue weighted by Crippen LogP contribution is 2.10. The number of aliphatic imine (C=N–C) groups is 1. The highest BCUT2D eigenvalue weighted by Gasteiger charge is 2.17. The molecule has 4 heteroatoms. The molecule has 0 amide bonds. The average Bonchev–Trinajstić information content (AvgIpc) is 2.60. The highest BCUT2D eigenvalue weighted by molar-refractivity contribution is 5.93. The van der Waals surface area contributed by atoms with Crippen molar-refractivity contribution in [2.75, 3.05) is 6.54 Å². The molecular formula is C10H18N4. The molecule has 1 unspecified atom stereocenters. The molecule has 0 aromatic rings. The smallest absolute Gasteiger partial charge is 0.111 e. The van der Waals surface area contributed by atoms with Crippen LogP contribution in [0.25, 0.3) is 0 Å². The van der Waals surface area contributed by atoms with E-state index in [4.69, 9.17) is 5.73 Å². The first-order chi connectivity index (χ1) is 6.65. The summed E-state index contributed by atoms with van der Waals surface area (Å²) in [6.07, 6.45) is 2.69. The van der Waals surface area contributed by atoms with Crippen LogP contribution in [0.1, 0.15) is 27.2 Å². The maximum Gasteiger partial charge on any atom is 0.111 e. The van der Waals surface area contributed by atoms with E-state index in [0.717, 1.165) is 17.8 Å². The lowest BCUT2D eigenvalue weighted by Crippen LogP contribution is -2.15. The Hall–Kier alpha value is -1.19. The maximum absolute atomic E-state index is 5.77. The van der Waals surface area contributed by atoms with E-state index in [2.05, 4.69) is 22.1 Å². The molecule has 0 saturated heterocycles. The molecule has 1 rings (SSSR count). The van der Waals surface area contributed by atoms with E-state index in [0.29, 0.717) is 12.5 Å². The van der Waals surface area contributed by atoms with E-state index in [9.17, 15) is 0 Å². The van der Waals surface area contributed by atoms with Crippen LogP contribution >= 0.6 is 0 Å². The minimum Gasteiger partial charge on any atom is -0.401 e. The molecule has 1 heterocycles. The molecule has 14 heavy (non-hydrogen) atoms. The zero-order valence-electron chi connectivity index (χ0n) is 9.07. The number of azo groups is 1. The number of nitrogens with zero attached hydrogens (tertiary/aromatic N) is 3. The molecule has 78 valence electrons. The van der Waals surface area contributed by atoms with Gasteiger partial charge in [0.15, 0.2) is 0 Å². The summed E-state index contributed by atoms with van der Waals surface area (Å²) >= 11 is 0. The second-order valence-corrected chi connectivity index (χ2v) is 3.74. The Morgan fingerprint density at radius 2 is 2.43 bits per heavy atom. The highest BCUT2D eigenvalue weighted by atomic mass is 15.2. The molecule has 1 aliphatic heterocycles. The van der Waals surface area contributed by atoms with Crippen molar-refractivity contribution in [3.05, 3.63) is 11.9 Å². The third-order valence-corrected chi connectivity index (χ3v) is 2.27. The third kappa shape index (κ3) is 2.65. The molecule has 0 saturated carbocycles. The van der Waals surface area contributed by atoms with Gasteiger partial charge < -0.3 is 5.73 Å². The van der Waals surface area contributed by atoms with Crippen LogP contribution < -0.4 is 5.73 Å². The van der Waals surface area contributed by atoms with Gasteiger partial charge in [-0.2, -0.15) is 10.2 Å². The fourth-order valence-electron chi connectivity index (χ4n) is 1.13. The maximum atomic E-state index is 5.77. The van der Waals surface area contributed by atoms with Gasteiger partial charge in [-0.25, -0.2) is 0 Å². The van der Waals surface area contributed by atoms with Crippen molar-refractivity contribution in [3.8, 4) is 0 Å². The van der Waals surface area contributed by atoms with Gasteiger partial charge in [-0.1, -0.05) is 20.8 Å². The van der Waals surface area contributed by atoms with Gasteiger partial charge in [-0.05, 0) is 12.3 Å². The van der Waals surface area contributed by atoms with Crippen LogP contribution in [-0.4, -0.2) is 18.3 Å². The summed E-state index contributed by atoms with van der Waals surface area (Å²) in [5, 5.41) is 8.05. The second-order valence-electron chi connectivity index (χ2n) is 3.74. The van der Waals surface area contributed by atoms with Crippen LogP contribution in [0.2, 0.25) is 0 Å². The van der Waals surface area contributed by atoms with Gasteiger partial charge in [0.05, 0.1) is 5.71 Å². The van der Waals surface area contributed by atoms with Crippen molar-refractivity contribution >= 4 is 5.71 Å². The molecule has 0 radical (unpaired) electrons. The Morgan fingerprint density at radius 3 is 3.00 bits per heavy atom. The first-order valence-electron chi connectivity index (χ1n) is 5.03. The zero-order chi connectivity index (χ0) is 10.6. The number of nitrogens with two attached hydrogens (primary N) is 1. The first kappa shape index (κ1) is 10.9. The first-order valence-corrected chi connectivity index (χ1v) is 5.03. The van der Waals surface area contributed by atoms with Crippen LogP contribution in [0, 0.1) is 5.92 Å². The summed E-state index contributed by atoms with van der Waals surface area (Å²) in [5.41, 5.74) is 7.60. The molecule has 1 atom stereocenters. The summed E-state index contributed by atoms with van der Waals surface area (Å²) in [5.74, 6) is 0.342. The number of rotatable bonds is 3. The lowest BCUT2D eigenvalue weighted by atomic mass is 10.1. The standard InChI is InChI=1S/C10H18N4/c1-4-9-10(6-13-14-9)12-5-8(11)7(2)3/h5,7,9H,4,6,11H2,1-3H3/b8-5-,12-10-. The molecular weight excluding hydrogens is 176 g/mol. The fraction of sp³-hybridized carbons (Fsp3) is 0.700. The predicted octanol–water partition coefficient (Wildman–Crippen LogP) is 2.13. The van der Waals surface area contributed by atoms with Gasteiger partial charge in [-0.15, -0.1) is 0 Å². The number of hydrogen-bond donors (Lipinski definition) is 1. The van der Waals surface area contributed by atoms with Gasteiger partial charge in [-0.3, -0.25) is 4.99 Å². The Labute approximate surface area is 85.0 Å². The summed E-state index contributed by atoms with van der Waals surface area (Å²) in [6.45, 7) is 6.81. The summed E-state index contributed by atoms with van der Waals surface area (Å²) in [7, 11) is 0. The molecule has 0 aromatic heterocycles. The van der Waals surface area contributed by atoms with Crippen molar-refractivity contribution in [1.29, 1.82) is 0 Å². The Balaban J connectivity index is 2.65. The van der Waals surface area contributed by atoms with Gasteiger partial charge in [0.25, 0.3) is 0 Å². The molecule has 0 aliphatic carbocycles. The van der Waals surface area contributed by atoms with E-state index in [1.165, 1.54) is 0 Å². The van der Waals surface area contributed by atoms with Crippen molar-refractivity contribution in [3.63, 3.8) is 0 Å². The lowest BCUT2D eigenvalue weighted by molar-refractivity contribution is 0.753. The topological polar surface area (TPSA) is 63.1 Å². The minimum absolute atomic E-state index is 0.172. The van der Waals surface area contributed by atoms with Crippen LogP contribution in [0.3, 0.4) is 0 Å². The third-order valence-electron chi connectivity index (χ3n) is 2.27. The summed E-state index contributed by atoms with van der Waals surface area (Å²) < 4.78 is 0. The van der Waals surface area contributed by atoms with Crippen LogP contribution in [0.15, 0.2) is 27.1 Å². The molecule has 0 spiro atoms. The Bertz CT molecular complexity index is 276. The number of allylic oxidation sites excluding steroid dienone is 1. The average molecular weight is 194 g/mol. The van der Waals surface area contributed by atoms with Gasteiger partial charge in [0, 0.05) is 11.9 Å². The molecule has 0 fully saturated rings. The lowest BCUT2D eigenvalue weighted by Gasteiger charge is -2.04. The molecule has 4 nitrogen and oxygen atoms in total. The molecule has 0 aromatic carbocycles. The SMILES string of the molecule is CCC1N=NC/C1=N/C=C(\N)C(C)C. The second kappa shape index (κ2) is 4.88. The number of hydrogen-bond acceptors (Lipinski definition) is 4. The molecule has 1 aliphatic rings. The summed E-state index contributed by atoms with van der Waals surface area (Å²) in [6, 6.07) is 0.172. The van der Waals surface area contributed by atoms with E-state index in [-0.39, 0.29) is 6.04 Å². The van der Waals surface area contributed by atoms with Crippen molar-refractivity contribution < 1.29 is 0 Å². The predicted molar refractivity (Wildman–Crippen MR) is 58.3 cm³/mol. The summed E-state index contributed by atoms with van der Waals surface area (Å²) in [4.78, 5) is 4.34. The fourth-order valence-corrected chi connectivity index (χ4v) is 1.13. The van der Waals surface area contributed by atoms with Crippen LogP contribution in [0.5, 0.6) is 0 Å². The monoisotopic (exact) mass is 194 g/mol. The van der Waals surface area contributed by atoms with E-state index in [1.54, 1.807) is 6.20 Å². The van der Waals surface area contributed by atoms with Crippen molar-refractivity contribution in [2.45, 2.75) is 33.2 Å². The van der Waals surface area contributed by atoms with E-state index >= 15 is 0 Å². The van der Waals surface area contributed by atoms with E-state index < -0.39 is 0 Å². The molecule has 0 bridgehead atoms. The van der Waals surface area contributed by atoms with Gasteiger partial charge in [0.1, 0.15) is 12.6 Å². The normalized spacial score (nSPS) is 25.3. The van der Waals surface area contributed by atoms with E-state index in [1.807, 2.05) is 13.8 Å². The Morgan fingerprint density at radius 1 is 1.71 bits per heavy atom. The van der Waals surface area contributed by atoms with Crippen LogP contribution in [0.4, 0.5) is 0 Å². The molecule has 2 N–H and O–H groups in total. The minimum atomic E-state index is 0.172. The largest absolute Gasteiger partial charge is 0.401 e. The van der Waals surface area contributed by atoms with Crippen molar-refractivity contribution in [1.82, 2.24) is 0 Å². The van der Waals surface area contributed by atoms with Gasteiger partial charge in [0.2, 0.25) is 0 Å². The van der Waals surface area contributed by atoms with Crippen LogP contribution in [-0.2, 0) is 0 Å².